The number of nitrogens with zero attached hydrogens (tertiary/aromatic N) is 1. The molecule has 0 bridgehead atoms. The van der Waals surface area contributed by atoms with Crippen molar-refractivity contribution < 1.29 is 4.79 Å². The van der Waals surface area contributed by atoms with E-state index in [1.807, 2.05) is 49.4 Å². The zero-order valence-electron chi connectivity index (χ0n) is 15.2. The summed E-state index contributed by atoms with van der Waals surface area (Å²) in [6.45, 7) is 5.72. The Balaban J connectivity index is 1.38. The maximum Gasteiger partial charge on any atom is 0.319 e. The molecule has 1 aliphatic heterocycles. The van der Waals surface area contributed by atoms with Crippen LogP contribution in [0.5, 0.6) is 0 Å². The minimum atomic E-state index is -0.132. The van der Waals surface area contributed by atoms with E-state index in [1.165, 1.54) is 11.1 Å². The lowest BCUT2D eigenvalue weighted by molar-refractivity contribution is 0.176. The maximum atomic E-state index is 12.0. The number of likely N-dealkylation sites (tertiary alicyclic amines) is 1. The molecule has 1 heterocycles. The lowest BCUT2D eigenvalue weighted by Crippen LogP contribution is -2.39. The van der Waals surface area contributed by atoms with Crippen LogP contribution in [-0.2, 0) is 6.54 Å². The Morgan fingerprint density at radius 3 is 2.50 bits per heavy atom. The van der Waals surface area contributed by atoms with Gasteiger partial charge in [0.25, 0.3) is 0 Å². The third kappa shape index (κ3) is 5.48. The molecule has 5 heteroatoms. The van der Waals surface area contributed by atoms with Crippen LogP contribution in [0.4, 0.5) is 10.5 Å². The normalized spacial score (nSPS) is 15.6. The molecule has 3 rings (SSSR count). The molecule has 0 aromatic heterocycles. The molecule has 2 N–H and O–H groups in total. The first-order valence-corrected chi connectivity index (χ1v) is 9.55. The molecule has 0 spiro atoms. The van der Waals surface area contributed by atoms with Crippen molar-refractivity contribution in [2.75, 3.05) is 25.0 Å². The Kier molecular flexibility index (Phi) is 6.53. The number of aryl methyl sites for hydroxylation is 1. The maximum absolute atomic E-state index is 12.0. The monoisotopic (exact) mass is 371 g/mol. The van der Waals surface area contributed by atoms with Gasteiger partial charge in [-0.25, -0.2) is 4.79 Å². The van der Waals surface area contributed by atoms with Crippen molar-refractivity contribution in [3.05, 3.63) is 64.7 Å². The fraction of sp³-hybridized carbons (Fsp3) is 0.381. The van der Waals surface area contributed by atoms with Gasteiger partial charge in [0.05, 0.1) is 0 Å². The first-order valence-electron chi connectivity index (χ1n) is 9.17. The summed E-state index contributed by atoms with van der Waals surface area (Å²) in [5, 5.41) is 6.72. The standard InChI is InChI=1S/C21H26ClN3O/c1-16-6-8-19(9-7-16)24-21(26)23-14-17-10-12-25(13-11-17)15-18-4-2-3-5-20(18)22/h2-9,17H,10-15H2,1H3,(H2,23,24,26). The lowest BCUT2D eigenvalue weighted by atomic mass is 9.96. The van der Waals surface area contributed by atoms with E-state index in [1.54, 1.807) is 0 Å². The van der Waals surface area contributed by atoms with E-state index >= 15 is 0 Å². The number of amides is 2. The number of anilines is 1. The van der Waals surface area contributed by atoms with Crippen LogP contribution in [0, 0.1) is 12.8 Å². The summed E-state index contributed by atoms with van der Waals surface area (Å²) >= 11 is 6.25. The predicted molar refractivity (Wildman–Crippen MR) is 108 cm³/mol. The van der Waals surface area contributed by atoms with Crippen LogP contribution in [0.2, 0.25) is 5.02 Å². The first kappa shape index (κ1) is 18.7. The van der Waals surface area contributed by atoms with Gasteiger partial charge in [0.15, 0.2) is 0 Å². The fourth-order valence-electron chi connectivity index (χ4n) is 3.27. The first-order chi connectivity index (χ1) is 12.6. The van der Waals surface area contributed by atoms with E-state index < -0.39 is 0 Å². The molecular formula is C21H26ClN3O. The highest BCUT2D eigenvalue weighted by molar-refractivity contribution is 6.31. The number of carbonyl (C=O) groups excluding carboxylic acids is 1. The van der Waals surface area contributed by atoms with Crippen LogP contribution in [0.15, 0.2) is 48.5 Å². The SMILES string of the molecule is Cc1ccc(NC(=O)NCC2CCN(Cc3ccccc3Cl)CC2)cc1. The van der Waals surface area contributed by atoms with Crippen molar-refractivity contribution >= 4 is 23.3 Å². The molecular weight excluding hydrogens is 346 g/mol. The minimum Gasteiger partial charge on any atom is -0.338 e. The smallest absolute Gasteiger partial charge is 0.319 e. The second-order valence-corrected chi connectivity index (χ2v) is 7.42. The van der Waals surface area contributed by atoms with Gasteiger partial charge < -0.3 is 10.6 Å². The van der Waals surface area contributed by atoms with E-state index in [0.29, 0.717) is 5.92 Å². The summed E-state index contributed by atoms with van der Waals surface area (Å²) in [6.07, 6.45) is 2.19. The molecule has 0 unspecified atom stereocenters. The van der Waals surface area contributed by atoms with Gasteiger partial charge in [-0.15, -0.1) is 0 Å². The molecule has 2 amide bonds. The van der Waals surface area contributed by atoms with Crippen LogP contribution in [-0.4, -0.2) is 30.6 Å². The van der Waals surface area contributed by atoms with Crippen LogP contribution in [0.3, 0.4) is 0 Å². The molecule has 2 aromatic carbocycles. The van der Waals surface area contributed by atoms with Crippen molar-refractivity contribution in [3.63, 3.8) is 0 Å². The number of halogens is 1. The van der Waals surface area contributed by atoms with Gasteiger partial charge in [-0.05, 0) is 62.5 Å². The van der Waals surface area contributed by atoms with Crippen LogP contribution < -0.4 is 10.6 Å². The molecule has 1 saturated heterocycles. The van der Waals surface area contributed by atoms with Gasteiger partial charge in [0, 0.05) is 23.8 Å². The number of carbonyl (C=O) groups is 1. The zero-order valence-corrected chi connectivity index (χ0v) is 15.9. The molecule has 4 nitrogen and oxygen atoms in total. The summed E-state index contributed by atoms with van der Waals surface area (Å²) < 4.78 is 0. The third-order valence-electron chi connectivity index (χ3n) is 4.92. The minimum absolute atomic E-state index is 0.132. The molecule has 2 aromatic rings. The highest BCUT2D eigenvalue weighted by Crippen LogP contribution is 2.22. The fourth-order valence-corrected chi connectivity index (χ4v) is 3.46. The summed E-state index contributed by atoms with van der Waals surface area (Å²) in [5.41, 5.74) is 3.19. The zero-order chi connectivity index (χ0) is 18.4. The Labute approximate surface area is 160 Å². The molecule has 0 atom stereocenters. The van der Waals surface area contributed by atoms with E-state index in [0.717, 1.165) is 49.7 Å². The Bertz CT molecular complexity index is 724. The Hall–Kier alpha value is -2.04. The van der Waals surface area contributed by atoms with Crippen LogP contribution in [0.25, 0.3) is 0 Å². The molecule has 0 saturated carbocycles. The quantitative estimate of drug-likeness (QED) is 0.801. The Morgan fingerprint density at radius 2 is 1.81 bits per heavy atom. The van der Waals surface area contributed by atoms with E-state index in [9.17, 15) is 4.79 Å². The molecule has 138 valence electrons. The molecule has 26 heavy (non-hydrogen) atoms. The van der Waals surface area contributed by atoms with Crippen molar-refractivity contribution in [1.29, 1.82) is 0 Å². The number of benzene rings is 2. The number of hydrogen-bond donors (Lipinski definition) is 2. The van der Waals surface area contributed by atoms with Crippen molar-refractivity contribution in [1.82, 2.24) is 10.2 Å². The largest absolute Gasteiger partial charge is 0.338 e. The number of urea groups is 1. The van der Waals surface area contributed by atoms with Crippen LogP contribution >= 0.6 is 11.6 Å². The van der Waals surface area contributed by atoms with Gasteiger partial charge in [0.2, 0.25) is 0 Å². The average Bonchev–Trinajstić information content (AvgIpc) is 2.65. The number of rotatable bonds is 5. The highest BCUT2D eigenvalue weighted by Gasteiger charge is 2.20. The molecule has 1 aliphatic rings. The lowest BCUT2D eigenvalue weighted by Gasteiger charge is -2.32. The van der Waals surface area contributed by atoms with Gasteiger partial charge in [-0.3, -0.25) is 4.90 Å². The highest BCUT2D eigenvalue weighted by atomic mass is 35.5. The summed E-state index contributed by atoms with van der Waals surface area (Å²) in [7, 11) is 0. The molecule has 0 aliphatic carbocycles. The van der Waals surface area contributed by atoms with E-state index in [2.05, 4.69) is 21.6 Å². The van der Waals surface area contributed by atoms with Crippen molar-refractivity contribution in [2.45, 2.75) is 26.3 Å². The van der Waals surface area contributed by atoms with E-state index in [-0.39, 0.29) is 6.03 Å². The summed E-state index contributed by atoms with van der Waals surface area (Å²) in [4.78, 5) is 14.5. The van der Waals surface area contributed by atoms with Crippen LogP contribution in [0.1, 0.15) is 24.0 Å². The van der Waals surface area contributed by atoms with Crippen molar-refractivity contribution in [3.8, 4) is 0 Å². The number of piperidine rings is 1. The number of hydrogen-bond acceptors (Lipinski definition) is 2. The summed E-state index contributed by atoms with van der Waals surface area (Å²) in [6, 6.07) is 15.7. The molecule has 1 fully saturated rings. The second-order valence-electron chi connectivity index (χ2n) is 7.01. The van der Waals surface area contributed by atoms with Gasteiger partial charge >= 0.3 is 6.03 Å². The topological polar surface area (TPSA) is 44.4 Å². The van der Waals surface area contributed by atoms with Gasteiger partial charge in [-0.1, -0.05) is 47.5 Å². The predicted octanol–water partition coefficient (Wildman–Crippen LogP) is 4.68. The average molecular weight is 372 g/mol. The second kappa shape index (κ2) is 9.06. The third-order valence-corrected chi connectivity index (χ3v) is 5.29. The summed E-state index contributed by atoms with van der Waals surface area (Å²) in [5.74, 6) is 0.529. The van der Waals surface area contributed by atoms with Gasteiger partial charge in [-0.2, -0.15) is 0 Å². The van der Waals surface area contributed by atoms with Crippen molar-refractivity contribution in [2.24, 2.45) is 5.92 Å². The molecule has 0 radical (unpaired) electrons. The van der Waals surface area contributed by atoms with E-state index in [4.69, 9.17) is 11.6 Å². The van der Waals surface area contributed by atoms with Gasteiger partial charge in [0.1, 0.15) is 0 Å². The number of nitrogens with one attached hydrogen (secondary N) is 2. The Morgan fingerprint density at radius 1 is 1.12 bits per heavy atom.